The van der Waals surface area contributed by atoms with Gasteiger partial charge in [-0.2, -0.15) is 0 Å². The zero-order valence-electron chi connectivity index (χ0n) is 14.5. The molecule has 4 rings (SSSR count). The van der Waals surface area contributed by atoms with E-state index in [1.165, 1.54) is 0 Å². The van der Waals surface area contributed by atoms with Gasteiger partial charge in [-0.1, -0.05) is 28.1 Å². The second-order valence-corrected chi connectivity index (χ2v) is 6.97. The summed E-state index contributed by atoms with van der Waals surface area (Å²) in [6.07, 6.45) is 2.08. The molecule has 5 nitrogen and oxygen atoms in total. The highest BCUT2D eigenvalue weighted by Crippen LogP contribution is 2.41. The SMILES string of the molecule is COc1ccc(Br)c2c1OCC(c1ccc(-c3ccc(C(=O)O)cc3)[nH]1)=C2. The van der Waals surface area contributed by atoms with E-state index in [1.807, 2.05) is 24.3 Å². The molecule has 0 fully saturated rings. The van der Waals surface area contributed by atoms with Crippen molar-refractivity contribution >= 4 is 33.5 Å². The third-order valence-electron chi connectivity index (χ3n) is 4.49. The van der Waals surface area contributed by atoms with E-state index in [4.69, 9.17) is 14.6 Å². The van der Waals surface area contributed by atoms with Crippen LogP contribution in [0.3, 0.4) is 0 Å². The normalized spacial score (nSPS) is 12.7. The van der Waals surface area contributed by atoms with Crippen LogP contribution < -0.4 is 9.47 Å². The summed E-state index contributed by atoms with van der Waals surface area (Å²) in [5.41, 5.74) is 5.02. The van der Waals surface area contributed by atoms with Crippen LogP contribution >= 0.6 is 15.9 Å². The molecule has 3 aromatic rings. The van der Waals surface area contributed by atoms with Crippen LogP contribution in [0.5, 0.6) is 11.5 Å². The van der Waals surface area contributed by atoms with E-state index >= 15 is 0 Å². The molecule has 0 spiro atoms. The number of carboxylic acid groups (broad SMARTS) is 1. The predicted octanol–water partition coefficient (Wildman–Crippen LogP) is 5.08. The highest BCUT2D eigenvalue weighted by atomic mass is 79.9. The Bertz CT molecular complexity index is 1050. The zero-order chi connectivity index (χ0) is 19.0. The van der Waals surface area contributed by atoms with Crippen molar-refractivity contribution in [2.24, 2.45) is 0 Å². The van der Waals surface area contributed by atoms with Crippen LogP contribution in [-0.2, 0) is 0 Å². The average Bonchev–Trinajstić information content (AvgIpc) is 3.18. The van der Waals surface area contributed by atoms with Crippen molar-refractivity contribution in [1.29, 1.82) is 0 Å². The predicted molar refractivity (Wildman–Crippen MR) is 107 cm³/mol. The van der Waals surface area contributed by atoms with E-state index in [2.05, 4.69) is 27.0 Å². The number of aromatic amines is 1. The van der Waals surface area contributed by atoms with Crippen LogP contribution in [-0.4, -0.2) is 29.8 Å². The summed E-state index contributed by atoms with van der Waals surface area (Å²) in [4.78, 5) is 14.4. The van der Waals surface area contributed by atoms with Crippen molar-refractivity contribution in [2.45, 2.75) is 0 Å². The number of fused-ring (bicyclic) bond motifs is 1. The van der Waals surface area contributed by atoms with Crippen molar-refractivity contribution in [2.75, 3.05) is 13.7 Å². The summed E-state index contributed by atoms with van der Waals surface area (Å²) in [5, 5.41) is 9.02. The summed E-state index contributed by atoms with van der Waals surface area (Å²) in [6, 6.07) is 14.6. The van der Waals surface area contributed by atoms with Crippen LogP contribution in [0.15, 0.2) is 53.0 Å². The monoisotopic (exact) mass is 425 g/mol. The molecule has 0 amide bonds. The lowest BCUT2D eigenvalue weighted by molar-refractivity contribution is 0.0697. The first kappa shape index (κ1) is 17.4. The molecule has 2 aromatic carbocycles. The lowest BCUT2D eigenvalue weighted by Gasteiger charge is -2.20. The maximum Gasteiger partial charge on any atom is 0.335 e. The highest BCUT2D eigenvalue weighted by molar-refractivity contribution is 9.10. The molecule has 0 radical (unpaired) electrons. The van der Waals surface area contributed by atoms with Crippen molar-refractivity contribution in [3.8, 4) is 22.8 Å². The van der Waals surface area contributed by atoms with Crippen LogP contribution in [0.25, 0.3) is 22.9 Å². The number of ether oxygens (including phenoxy) is 2. The van der Waals surface area contributed by atoms with Gasteiger partial charge in [0.05, 0.1) is 12.7 Å². The van der Waals surface area contributed by atoms with Gasteiger partial charge in [0.15, 0.2) is 11.5 Å². The maximum atomic E-state index is 11.0. The van der Waals surface area contributed by atoms with E-state index in [0.717, 1.165) is 38.3 Å². The Balaban J connectivity index is 1.67. The van der Waals surface area contributed by atoms with Gasteiger partial charge in [-0.3, -0.25) is 0 Å². The number of H-pyrrole nitrogens is 1. The molecule has 2 N–H and O–H groups in total. The minimum atomic E-state index is -0.932. The number of nitrogens with one attached hydrogen (secondary N) is 1. The van der Waals surface area contributed by atoms with Gasteiger partial charge in [0.2, 0.25) is 0 Å². The van der Waals surface area contributed by atoms with Gasteiger partial charge < -0.3 is 19.6 Å². The average molecular weight is 426 g/mol. The molecule has 0 unspecified atom stereocenters. The Kier molecular flexibility index (Phi) is 4.49. The number of halogens is 1. The second kappa shape index (κ2) is 6.96. The smallest absolute Gasteiger partial charge is 0.335 e. The Morgan fingerprint density at radius 2 is 1.85 bits per heavy atom. The maximum absolute atomic E-state index is 11.0. The minimum absolute atomic E-state index is 0.268. The highest BCUT2D eigenvalue weighted by Gasteiger charge is 2.20. The van der Waals surface area contributed by atoms with Gasteiger partial charge >= 0.3 is 5.97 Å². The first-order chi connectivity index (χ1) is 13.1. The molecule has 0 saturated carbocycles. The van der Waals surface area contributed by atoms with Crippen LogP contribution in [0.4, 0.5) is 0 Å². The largest absolute Gasteiger partial charge is 0.493 e. The van der Waals surface area contributed by atoms with E-state index in [0.29, 0.717) is 12.4 Å². The van der Waals surface area contributed by atoms with Crippen molar-refractivity contribution in [3.63, 3.8) is 0 Å². The van der Waals surface area contributed by atoms with Crippen LogP contribution in [0.2, 0.25) is 0 Å². The molecule has 6 heteroatoms. The van der Waals surface area contributed by atoms with Crippen LogP contribution in [0.1, 0.15) is 21.6 Å². The summed E-state index contributed by atoms with van der Waals surface area (Å²) >= 11 is 3.57. The lowest BCUT2D eigenvalue weighted by atomic mass is 10.0. The van der Waals surface area contributed by atoms with E-state index in [-0.39, 0.29) is 5.56 Å². The number of benzene rings is 2. The molecule has 1 aliphatic heterocycles. The number of methoxy groups -OCH3 is 1. The van der Waals surface area contributed by atoms with Crippen molar-refractivity contribution < 1.29 is 19.4 Å². The number of aromatic carboxylic acids is 1. The van der Waals surface area contributed by atoms with E-state index in [1.54, 1.807) is 31.4 Å². The number of hydrogen-bond acceptors (Lipinski definition) is 3. The molecule has 27 heavy (non-hydrogen) atoms. The van der Waals surface area contributed by atoms with Gasteiger partial charge in [-0.15, -0.1) is 0 Å². The molecule has 0 bridgehead atoms. The zero-order valence-corrected chi connectivity index (χ0v) is 16.0. The standard InChI is InChI=1S/C21H16BrNO4/c1-26-19-9-6-16(22)15-10-14(11-27-20(15)19)18-8-7-17(23-18)12-2-4-13(5-3-12)21(24)25/h2-10,23H,11H2,1H3,(H,24,25). The van der Waals surface area contributed by atoms with E-state index < -0.39 is 5.97 Å². The Morgan fingerprint density at radius 3 is 2.56 bits per heavy atom. The number of rotatable bonds is 4. The number of carbonyl (C=O) groups is 1. The molecule has 0 aliphatic carbocycles. The van der Waals surface area contributed by atoms with Crippen LogP contribution in [0, 0.1) is 0 Å². The molecule has 1 aliphatic rings. The number of hydrogen-bond donors (Lipinski definition) is 2. The lowest BCUT2D eigenvalue weighted by Crippen LogP contribution is -2.08. The van der Waals surface area contributed by atoms with Gasteiger partial charge in [0.25, 0.3) is 0 Å². The first-order valence-electron chi connectivity index (χ1n) is 8.30. The first-order valence-corrected chi connectivity index (χ1v) is 9.09. The summed E-state index contributed by atoms with van der Waals surface area (Å²) in [6.45, 7) is 0.428. The van der Waals surface area contributed by atoms with E-state index in [9.17, 15) is 4.79 Å². The molecule has 1 aromatic heterocycles. The van der Waals surface area contributed by atoms with Gasteiger partial charge in [0.1, 0.15) is 6.61 Å². The number of carboxylic acids is 1. The summed E-state index contributed by atoms with van der Waals surface area (Å²) < 4.78 is 12.3. The third kappa shape index (κ3) is 3.24. The fourth-order valence-electron chi connectivity index (χ4n) is 3.06. The Hall–Kier alpha value is -2.99. The van der Waals surface area contributed by atoms with Crippen molar-refractivity contribution in [3.05, 3.63) is 69.8 Å². The summed E-state index contributed by atoms with van der Waals surface area (Å²) in [5.74, 6) is 0.499. The Labute approximate surface area is 164 Å². The quantitative estimate of drug-likeness (QED) is 0.610. The van der Waals surface area contributed by atoms with Crippen molar-refractivity contribution in [1.82, 2.24) is 4.98 Å². The molecule has 0 saturated heterocycles. The second-order valence-electron chi connectivity index (χ2n) is 6.12. The molecule has 136 valence electrons. The van der Waals surface area contributed by atoms with Gasteiger partial charge in [-0.05, 0) is 48.0 Å². The number of aromatic nitrogens is 1. The van der Waals surface area contributed by atoms with Gasteiger partial charge in [-0.25, -0.2) is 4.79 Å². The molecule has 0 atom stereocenters. The minimum Gasteiger partial charge on any atom is -0.493 e. The summed E-state index contributed by atoms with van der Waals surface area (Å²) in [7, 11) is 1.62. The molecule has 2 heterocycles. The topological polar surface area (TPSA) is 71.6 Å². The molecular weight excluding hydrogens is 410 g/mol. The Morgan fingerprint density at radius 1 is 1.11 bits per heavy atom. The third-order valence-corrected chi connectivity index (χ3v) is 5.18. The van der Waals surface area contributed by atoms with Gasteiger partial charge in [0, 0.05) is 27.0 Å². The fraction of sp³-hybridized carbons (Fsp3) is 0.0952. The fourth-order valence-corrected chi connectivity index (χ4v) is 3.49. The molecular formula is C21H16BrNO4.